The SMILES string of the molecule is CC1(C)CCSC(=NCC(=O)N2CCCC2)N1. The topological polar surface area (TPSA) is 44.7 Å². The first-order chi connectivity index (χ1) is 8.07. The minimum atomic E-state index is 0.112. The molecule has 2 heterocycles. The van der Waals surface area contributed by atoms with Crippen LogP contribution >= 0.6 is 11.8 Å². The van der Waals surface area contributed by atoms with Crippen molar-refractivity contribution in [2.75, 3.05) is 25.4 Å². The summed E-state index contributed by atoms with van der Waals surface area (Å²) in [6.45, 7) is 6.46. The van der Waals surface area contributed by atoms with E-state index in [4.69, 9.17) is 0 Å². The summed E-state index contributed by atoms with van der Waals surface area (Å²) in [5.74, 6) is 1.25. The van der Waals surface area contributed by atoms with Gasteiger partial charge in [-0.05, 0) is 33.1 Å². The van der Waals surface area contributed by atoms with E-state index in [-0.39, 0.29) is 11.4 Å². The molecule has 2 aliphatic rings. The molecule has 0 bridgehead atoms. The van der Waals surface area contributed by atoms with Crippen LogP contribution in [0.25, 0.3) is 0 Å². The Labute approximate surface area is 107 Å². The third-order valence-corrected chi connectivity index (χ3v) is 4.14. The molecule has 2 fully saturated rings. The number of hydrogen-bond donors (Lipinski definition) is 1. The number of nitrogens with zero attached hydrogens (tertiary/aromatic N) is 2. The van der Waals surface area contributed by atoms with Gasteiger partial charge in [0.25, 0.3) is 0 Å². The summed E-state index contributed by atoms with van der Waals surface area (Å²) in [6.07, 6.45) is 3.42. The Morgan fingerprint density at radius 1 is 1.47 bits per heavy atom. The van der Waals surface area contributed by atoms with Crippen molar-refractivity contribution in [3.05, 3.63) is 0 Å². The Balaban J connectivity index is 1.85. The van der Waals surface area contributed by atoms with E-state index in [1.54, 1.807) is 11.8 Å². The molecule has 0 aromatic heterocycles. The Hall–Kier alpha value is -0.710. The highest BCUT2D eigenvalue weighted by Crippen LogP contribution is 2.21. The van der Waals surface area contributed by atoms with E-state index < -0.39 is 0 Å². The van der Waals surface area contributed by atoms with E-state index in [0.717, 1.165) is 43.3 Å². The predicted molar refractivity (Wildman–Crippen MR) is 72.4 cm³/mol. The second-order valence-electron chi connectivity index (χ2n) is 5.32. The standard InChI is InChI=1S/C12H21N3OS/c1-12(2)5-8-17-11(14-12)13-9-10(16)15-6-3-4-7-15/h3-9H2,1-2H3,(H,13,14). The lowest BCUT2D eigenvalue weighted by Gasteiger charge is -2.32. The van der Waals surface area contributed by atoms with E-state index >= 15 is 0 Å². The number of hydrogen-bond acceptors (Lipinski definition) is 3. The largest absolute Gasteiger partial charge is 0.360 e. The normalized spacial score (nSPS) is 26.0. The smallest absolute Gasteiger partial charge is 0.244 e. The molecule has 2 saturated heterocycles. The average molecular weight is 255 g/mol. The van der Waals surface area contributed by atoms with Gasteiger partial charge in [-0.25, -0.2) is 0 Å². The van der Waals surface area contributed by atoms with Gasteiger partial charge in [0.2, 0.25) is 5.91 Å². The molecular weight excluding hydrogens is 234 g/mol. The highest BCUT2D eigenvalue weighted by molar-refractivity contribution is 8.13. The summed E-state index contributed by atoms with van der Waals surface area (Å²) in [5.41, 5.74) is 0.112. The highest BCUT2D eigenvalue weighted by Gasteiger charge is 2.24. The van der Waals surface area contributed by atoms with Crippen LogP contribution in [0.2, 0.25) is 0 Å². The molecule has 0 unspecified atom stereocenters. The zero-order chi connectivity index (χ0) is 12.3. The monoisotopic (exact) mass is 255 g/mol. The minimum absolute atomic E-state index is 0.112. The second kappa shape index (κ2) is 5.29. The molecule has 0 radical (unpaired) electrons. The summed E-state index contributed by atoms with van der Waals surface area (Å²) in [7, 11) is 0. The maximum absolute atomic E-state index is 11.8. The van der Waals surface area contributed by atoms with Crippen molar-refractivity contribution in [1.82, 2.24) is 10.2 Å². The van der Waals surface area contributed by atoms with E-state index in [9.17, 15) is 4.79 Å². The molecule has 2 aliphatic heterocycles. The molecule has 0 aliphatic carbocycles. The van der Waals surface area contributed by atoms with Crippen LogP contribution in [0.5, 0.6) is 0 Å². The van der Waals surface area contributed by atoms with Crippen molar-refractivity contribution in [3.63, 3.8) is 0 Å². The first-order valence-corrected chi connectivity index (χ1v) is 7.29. The quantitative estimate of drug-likeness (QED) is 0.812. The van der Waals surface area contributed by atoms with E-state index in [1.807, 2.05) is 4.90 Å². The van der Waals surface area contributed by atoms with Crippen molar-refractivity contribution < 1.29 is 4.79 Å². The van der Waals surface area contributed by atoms with Crippen LogP contribution in [0, 0.1) is 0 Å². The molecule has 0 aromatic rings. The fourth-order valence-electron chi connectivity index (χ4n) is 2.08. The van der Waals surface area contributed by atoms with Gasteiger partial charge in [-0.3, -0.25) is 9.79 Å². The van der Waals surface area contributed by atoms with E-state index in [2.05, 4.69) is 24.2 Å². The number of nitrogens with one attached hydrogen (secondary N) is 1. The number of amidine groups is 1. The third kappa shape index (κ3) is 3.63. The van der Waals surface area contributed by atoms with Gasteiger partial charge >= 0.3 is 0 Å². The first kappa shape index (κ1) is 12.7. The highest BCUT2D eigenvalue weighted by atomic mass is 32.2. The molecule has 96 valence electrons. The van der Waals surface area contributed by atoms with Gasteiger partial charge in [0.05, 0.1) is 0 Å². The van der Waals surface area contributed by atoms with Gasteiger partial charge < -0.3 is 10.2 Å². The van der Waals surface area contributed by atoms with Crippen LogP contribution in [0.15, 0.2) is 4.99 Å². The lowest BCUT2D eigenvalue weighted by molar-refractivity contribution is -0.128. The van der Waals surface area contributed by atoms with Crippen molar-refractivity contribution >= 4 is 22.8 Å². The molecule has 0 spiro atoms. The zero-order valence-corrected chi connectivity index (χ0v) is 11.5. The zero-order valence-electron chi connectivity index (χ0n) is 10.7. The lowest BCUT2D eigenvalue weighted by atomic mass is 10.0. The van der Waals surface area contributed by atoms with Crippen LogP contribution < -0.4 is 5.32 Å². The van der Waals surface area contributed by atoms with Gasteiger partial charge in [-0.1, -0.05) is 11.8 Å². The van der Waals surface area contributed by atoms with Gasteiger partial charge in [-0.2, -0.15) is 0 Å². The Morgan fingerprint density at radius 2 is 2.18 bits per heavy atom. The van der Waals surface area contributed by atoms with Crippen molar-refractivity contribution in [2.45, 2.75) is 38.6 Å². The summed E-state index contributed by atoms with van der Waals surface area (Å²) >= 11 is 1.72. The predicted octanol–water partition coefficient (Wildman–Crippen LogP) is 1.47. The van der Waals surface area contributed by atoms with Gasteiger partial charge in [0.15, 0.2) is 5.17 Å². The summed E-state index contributed by atoms with van der Waals surface area (Å²) in [5, 5.41) is 4.31. The number of carbonyl (C=O) groups excluding carboxylic acids is 1. The number of aliphatic imine (C=N–C) groups is 1. The van der Waals surface area contributed by atoms with Crippen LogP contribution in [-0.4, -0.2) is 46.9 Å². The molecule has 0 atom stereocenters. The molecule has 5 heteroatoms. The van der Waals surface area contributed by atoms with Gasteiger partial charge in [-0.15, -0.1) is 0 Å². The Kier molecular flexibility index (Phi) is 3.97. The fraction of sp³-hybridized carbons (Fsp3) is 0.833. The third-order valence-electron chi connectivity index (χ3n) is 3.23. The maximum atomic E-state index is 11.8. The molecule has 4 nitrogen and oxygen atoms in total. The van der Waals surface area contributed by atoms with Crippen molar-refractivity contribution in [3.8, 4) is 0 Å². The molecular formula is C12H21N3OS. The molecule has 0 saturated carbocycles. The summed E-state index contributed by atoms with van der Waals surface area (Å²) in [4.78, 5) is 18.2. The van der Waals surface area contributed by atoms with Crippen LogP contribution in [-0.2, 0) is 4.79 Å². The van der Waals surface area contributed by atoms with Gasteiger partial charge in [0.1, 0.15) is 6.54 Å². The molecule has 1 N–H and O–H groups in total. The molecule has 2 rings (SSSR count). The number of carbonyl (C=O) groups is 1. The Bertz CT molecular complexity index is 322. The number of thioether (sulfide) groups is 1. The first-order valence-electron chi connectivity index (χ1n) is 6.30. The van der Waals surface area contributed by atoms with Crippen LogP contribution in [0.3, 0.4) is 0 Å². The van der Waals surface area contributed by atoms with Gasteiger partial charge in [0, 0.05) is 24.4 Å². The summed E-state index contributed by atoms with van der Waals surface area (Å²) < 4.78 is 0. The maximum Gasteiger partial charge on any atom is 0.244 e. The van der Waals surface area contributed by atoms with Crippen LogP contribution in [0.4, 0.5) is 0 Å². The van der Waals surface area contributed by atoms with Crippen molar-refractivity contribution in [1.29, 1.82) is 0 Å². The number of amides is 1. The summed E-state index contributed by atoms with van der Waals surface area (Å²) in [6, 6.07) is 0. The van der Waals surface area contributed by atoms with Crippen molar-refractivity contribution in [2.24, 2.45) is 4.99 Å². The molecule has 17 heavy (non-hydrogen) atoms. The molecule has 1 amide bonds. The number of rotatable bonds is 2. The fourth-order valence-corrected chi connectivity index (χ4v) is 3.39. The average Bonchev–Trinajstić information content (AvgIpc) is 2.78. The number of likely N-dealkylation sites (tertiary alicyclic amines) is 1. The van der Waals surface area contributed by atoms with E-state index in [0.29, 0.717) is 6.54 Å². The second-order valence-corrected chi connectivity index (χ2v) is 6.40. The lowest BCUT2D eigenvalue weighted by Crippen LogP contribution is -2.46. The van der Waals surface area contributed by atoms with E-state index in [1.165, 1.54) is 0 Å². The van der Waals surface area contributed by atoms with Crippen LogP contribution in [0.1, 0.15) is 33.1 Å². The minimum Gasteiger partial charge on any atom is -0.360 e. The Morgan fingerprint density at radius 3 is 2.82 bits per heavy atom. The molecule has 0 aromatic carbocycles.